The number of halogens is 5. The van der Waals surface area contributed by atoms with Crippen LogP contribution in [0.5, 0.6) is 23.1 Å². The maximum atomic E-state index is 15.0. The number of nitrogens with one attached hydrogen (secondary N) is 1. The van der Waals surface area contributed by atoms with E-state index in [1.165, 1.54) is 23.8 Å². The van der Waals surface area contributed by atoms with Gasteiger partial charge in [-0.05, 0) is 43.8 Å². The van der Waals surface area contributed by atoms with E-state index in [9.17, 15) is 22.0 Å². The normalized spacial score (nSPS) is 17.1. The van der Waals surface area contributed by atoms with Crippen LogP contribution in [0.3, 0.4) is 0 Å². The lowest BCUT2D eigenvalue weighted by Gasteiger charge is -2.36. The van der Waals surface area contributed by atoms with Crippen LogP contribution < -0.4 is 19.5 Å². The minimum absolute atomic E-state index is 0.0361. The molecule has 5 heterocycles. The van der Waals surface area contributed by atoms with Gasteiger partial charge < -0.3 is 24.4 Å². The lowest BCUT2D eigenvalue weighted by Crippen LogP contribution is -2.52. The number of aryl methyl sites for hydroxylation is 1. The molecule has 1 saturated heterocycles. The fourth-order valence-electron chi connectivity index (χ4n) is 4.81. The van der Waals surface area contributed by atoms with Crippen molar-refractivity contribution in [2.45, 2.75) is 31.5 Å². The topological polar surface area (TPSA) is 112 Å². The third-order valence-corrected chi connectivity index (χ3v) is 6.88. The van der Waals surface area contributed by atoms with Crippen molar-refractivity contribution >= 4 is 28.1 Å². The van der Waals surface area contributed by atoms with Gasteiger partial charge >= 0.3 is 6.18 Å². The number of benzene rings is 1. The monoisotopic (exact) mass is 616 g/mol. The summed E-state index contributed by atoms with van der Waals surface area (Å²) >= 11 is 0. The molecule has 0 radical (unpaired) electrons. The third kappa shape index (κ3) is 6.24. The van der Waals surface area contributed by atoms with Crippen molar-refractivity contribution in [2.75, 3.05) is 32.1 Å². The first-order valence-corrected chi connectivity index (χ1v) is 13.4. The van der Waals surface area contributed by atoms with Gasteiger partial charge in [-0.1, -0.05) is 0 Å². The molecule has 16 heteroatoms. The van der Waals surface area contributed by atoms with Gasteiger partial charge in [0.2, 0.25) is 0 Å². The van der Waals surface area contributed by atoms with E-state index in [0.29, 0.717) is 29.4 Å². The predicted octanol–water partition coefficient (Wildman–Crippen LogP) is 5.57. The summed E-state index contributed by atoms with van der Waals surface area (Å²) in [6, 6.07) is 8.63. The number of rotatable bonds is 8. The van der Waals surface area contributed by atoms with Gasteiger partial charge in [-0.25, -0.2) is 33.2 Å². The zero-order valence-electron chi connectivity index (χ0n) is 23.3. The van der Waals surface area contributed by atoms with Crippen molar-refractivity contribution in [3.05, 3.63) is 60.9 Å². The molecule has 1 atom stereocenters. The van der Waals surface area contributed by atoms with Crippen molar-refractivity contribution < 1.29 is 36.2 Å². The molecule has 0 unspecified atom stereocenters. The number of likely N-dealkylation sites (tertiary alicyclic amines) is 1. The fraction of sp³-hybridized carbons (Fsp3) is 0.321. The van der Waals surface area contributed by atoms with Crippen LogP contribution >= 0.6 is 0 Å². The lowest BCUT2D eigenvalue weighted by atomic mass is 10.0. The van der Waals surface area contributed by atoms with E-state index in [1.54, 1.807) is 48.1 Å². The molecule has 0 spiro atoms. The van der Waals surface area contributed by atoms with Crippen molar-refractivity contribution in [1.29, 1.82) is 0 Å². The molecular weight excluding hydrogens is 591 g/mol. The van der Waals surface area contributed by atoms with Crippen molar-refractivity contribution in [2.24, 2.45) is 0 Å². The van der Waals surface area contributed by atoms with E-state index in [0.717, 1.165) is 5.56 Å². The highest BCUT2D eigenvalue weighted by molar-refractivity contribution is 5.96. The average molecular weight is 617 g/mol. The molecule has 0 saturated carbocycles. The molecule has 1 aliphatic heterocycles. The Labute approximate surface area is 246 Å². The highest BCUT2D eigenvalue weighted by Gasteiger charge is 2.46. The quantitative estimate of drug-likeness (QED) is 0.222. The van der Waals surface area contributed by atoms with Gasteiger partial charge in [0.1, 0.15) is 30.0 Å². The van der Waals surface area contributed by atoms with Crippen LogP contribution in [0.4, 0.5) is 33.5 Å². The molecule has 6 rings (SSSR count). The van der Waals surface area contributed by atoms with Crippen molar-refractivity contribution in [3.8, 4) is 23.1 Å². The molecular formula is C28H25F5N8O3. The summed E-state index contributed by atoms with van der Waals surface area (Å²) in [4.78, 5) is 17.9. The van der Waals surface area contributed by atoms with Gasteiger partial charge in [0.25, 0.3) is 11.8 Å². The second-order valence-corrected chi connectivity index (χ2v) is 10.3. The Balaban J connectivity index is 1.33. The summed E-state index contributed by atoms with van der Waals surface area (Å²) in [5, 5.41) is 7.19. The minimum Gasteiger partial charge on any atom is -0.478 e. The molecule has 44 heavy (non-hydrogen) atoms. The smallest absolute Gasteiger partial charge is 0.422 e. The molecule has 1 fully saturated rings. The van der Waals surface area contributed by atoms with Gasteiger partial charge in [-0.15, -0.1) is 0 Å². The van der Waals surface area contributed by atoms with Gasteiger partial charge in [-0.2, -0.15) is 18.3 Å². The Morgan fingerprint density at radius 2 is 1.91 bits per heavy atom. The Kier molecular flexibility index (Phi) is 7.53. The first-order chi connectivity index (χ1) is 20.9. The molecule has 0 aliphatic carbocycles. The highest BCUT2D eigenvalue weighted by atomic mass is 19.4. The number of nitrogens with zero attached hydrogens (tertiary/aromatic N) is 7. The zero-order chi connectivity index (χ0) is 31.1. The fourth-order valence-corrected chi connectivity index (χ4v) is 4.81. The number of hydrogen-bond donors (Lipinski definition) is 1. The number of hydrogen-bond acceptors (Lipinski definition) is 10. The maximum Gasteiger partial charge on any atom is 0.422 e. The molecule has 5 aromatic rings. The minimum atomic E-state index is -4.71. The first-order valence-electron chi connectivity index (χ1n) is 13.4. The Hall–Kier alpha value is -4.86. The van der Waals surface area contributed by atoms with Gasteiger partial charge in [0.15, 0.2) is 24.1 Å². The molecule has 230 valence electrons. The van der Waals surface area contributed by atoms with Gasteiger partial charge in [0.05, 0.1) is 23.6 Å². The van der Waals surface area contributed by atoms with Crippen LogP contribution in [0.2, 0.25) is 0 Å². The average Bonchev–Trinajstić information content (AvgIpc) is 3.43. The molecule has 1 aromatic carbocycles. The summed E-state index contributed by atoms with van der Waals surface area (Å²) in [5.41, 5.74) is 2.01. The number of piperidine rings is 1. The van der Waals surface area contributed by atoms with Crippen LogP contribution in [0.25, 0.3) is 16.6 Å². The largest absolute Gasteiger partial charge is 0.478 e. The number of aromatic nitrogens is 6. The van der Waals surface area contributed by atoms with Crippen molar-refractivity contribution in [3.63, 3.8) is 0 Å². The van der Waals surface area contributed by atoms with Crippen LogP contribution in [0.1, 0.15) is 12.0 Å². The Morgan fingerprint density at radius 3 is 2.68 bits per heavy atom. The van der Waals surface area contributed by atoms with Crippen molar-refractivity contribution in [1.82, 2.24) is 34.4 Å². The van der Waals surface area contributed by atoms with E-state index >= 15 is 0 Å². The van der Waals surface area contributed by atoms with Crippen LogP contribution in [0.15, 0.2) is 55.4 Å². The predicted molar refractivity (Wildman–Crippen MR) is 148 cm³/mol. The summed E-state index contributed by atoms with van der Waals surface area (Å²) in [6.45, 7) is -0.180. The Bertz CT molecular complexity index is 1820. The SMILES string of the molecule is Cc1cc(Nc2ncnc3cnc(OCC(F)(F)F)c(O[C@H]4CCN(C)CC4(F)F)c23)ccc1Oc1ccn2ncnc2c1. The summed E-state index contributed by atoms with van der Waals surface area (Å²) < 4.78 is 87.5. The second kappa shape index (κ2) is 11.3. The standard InChI is InChI=1S/C28H25F5N8O3/c1-16-9-17(3-4-20(16)43-18-5-8-41-22(10-18)36-15-38-41)39-25-23-19(35-14-37-25)11-34-26(42-13-28(31,32)33)24(23)44-21-6-7-40(2)12-27(21,29)30/h3-5,8-11,14-15,21H,6-7,12-13H2,1-2H3,(H,35,37,39)/t21-/m0/s1. The highest BCUT2D eigenvalue weighted by Crippen LogP contribution is 2.42. The number of anilines is 2. The van der Waals surface area contributed by atoms with Crippen LogP contribution in [0, 0.1) is 6.92 Å². The molecule has 1 N–H and O–H groups in total. The summed E-state index contributed by atoms with van der Waals surface area (Å²) in [6.07, 6.45) is -0.918. The van der Waals surface area contributed by atoms with E-state index in [-0.39, 0.29) is 23.1 Å². The first kappa shape index (κ1) is 29.2. The summed E-state index contributed by atoms with van der Waals surface area (Å²) in [7, 11) is 1.55. The molecule has 1 aliphatic rings. The number of alkyl halides is 5. The number of ether oxygens (including phenoxy) is 3. The van der Waals surface area contributed by atoms with Crippen LogP contribution in [-0.4, -0.2) is 79.4 Å². The number of pyridine rings is 2. The Morgan fingerprint density at radius 1 is 1.07 bits per heavy atom. The molecule has 0 amide bonds. The molecule has 0 bridgehead atoms. The maximum absolute atomic E-state index is 15.0. The van der Waals surface area contributed by atoms with E-state index in [1.807, 2.05) is 6.92 Å². The van der Waals surface area contributed by atoms with Crippen LogP contribution in [-0.2, 0) is 0 Å². The number of fused-ring (bicyclic) bond motifs is 2. The van der Waals surface area contributed by atoms with E-state index in [2.05, 4.69) is 30.4 Å². The summed E-state index contributed by atoms with van der Waals surface area (Å²) in [5.74, 6) is -3.14. The second-order valence-electron chi connectivity index (χ2n) is 10.3. The third-order valence-electron chi connectivity index (χ3n) is 6.88. The van der Waals surface area contributed by atoms with Gasteiger partial charge in [0, 0.05) is 30.9 Å². The van der Waals surface area contributed by atoms with E-state index < -0.39 is 43.0 Å². The zero-order valence-corrected chi connectivity index (χ0v) is 23.3. The van der Waals surface area contributed by atoms with E-state index in [4.69, 9.17) is 14.2 Å². The molecule has 4 aromatic heterocycles. The molecule has 11 nitrogen and oxygen atoms in total. The lowest BCUT2D eigenvalue weighted by molar-refractivity contribution is -0.155. The van der Waals surface area contributed by atoms with Gasteiger partial charge in [-0.3, -0.25) is 0 Å².